The van der Waals surface area contributed by atoms with Crippen LogP contribution in [0.1, 0.15) is 33.6 Å². The van der Waals surface area contributed by atoms with Gasteiger partial charge in [0.2, 0.25) is 0 Å². The van der Waals surface area contributed by atoms with Crippen LogP contribution in [-0.2, 0) is 9.53 Å². The van der Waals surface area contributed by atoms with Gasteiger partial charge in [0, 0.05) is 37.1 Å². The Morgan fingerprint density at radius 3 is 2.73 bits per heavy atom. The van der Waals surface area contributed by atoms with Gasteiger partial charge in [-0.15, -0.1) is 0 Å². The van der Waals surface area contributed by atoms with Gasteiger partial charge < -0.3 is 20.1 Å². The SMILES string of the molecule is CC1CC(C(=O)O)CN(C(=O)NC2C3CCOC3C2(C)C)C1. The molecule has 2 heterocycles. The van der Waals surface area contributed by atoms with E-state index in [4.69, 9.17) is 4.74 Å². The zero-order chi connectivity index (χ0) is 16.1. The second kappa shape index (κ2) is 5.41. The molecule has 0 aromatic heterocycles. The number of amides is 2. The number of hydrogen-bond donors (Lipinski definition) is 2. The average molecular weight is 310 g/mol. The minimum atomic E-state index is -0.808. The summed E-state index contributed by atoms with van der Waals surface area (Å²) in [6.07, 6.45) is 1.88. The summed E-state index contributed by atoms with van der Waals surface area (Å²) in [6, 6.07) is -0.00534. The number of rotatable bonds is 2. The van der Waals surface area contributed by atoms with Crippen molar-refractivity contribution < 1.29 is 19.4 Å². The zero-order valence-electron chi connectivity index (χ0n) is 13.5. The van der Waals surface area contributed by atoms with Crippen LogP contribution in [0, 0.1) is 23.2 Å². The number of hydrogen-bond acceptors (Lipinski definition) is 3. The number of fused-ring (bicyclic) bond motifs is 1. The molecule has 5 atom stereocenters. The first-order chi connectivity index (χ1) is 10.3. The normalized spacial score (nSPS) is 39.8. The minimum absolute atomic E-state index is 0.0512. The van der Waals surface area contributed by atoms with E-state index in [-0.39, 0.29) is 29.5 Å². The maximum absolute atomic E-state index is 12.6. The lowest BCUT2D eigenvalue weighted by molar-refractivity contribution is -0.143. The summed E-state index contributed by atoms with van der Waals surface area (Å²) in [6.45, 7) is 7.97. The van der Waals surface area contributed by atoms with Crippen LogP contribution in [0.5, 0.6) is 0 Å². The van der Waals surface area contributed by atoms with Gasteiger partial charge in [0.05, 0.1) is 12.0 Å². The maximum Gasteiger partial charge on any atom is 0.317 e. The minimum Gasteiger partial charge on any atom is -0.481 e. The fourth-order valence-corrected chi connectivity index (χ4v) is 4.54. The first kappa shape index (κ1) is 15.6. The van der Waals surface area contributed by atoms with Crippen molar-refractivity contribution in [3.63, 3.8) is 0 Å². The summed E-state index contributed by atoms with van der Waals surface area (Å²) >= 11 is 0. The highest BCUT2D eigenvalue weighted by atomic mass is 16.5. The molecule has 0 radical (unpaired) electrons. The molecule has 0 spiro atoms. The van der Waals surface area contributed by atoms with Gasteiger partial charge in [-0.3, -0.25) is 4.79 Å². The van der Waals surface area contributed by atoms with E-state index >= 15 is 0 Å². The molecule has 1 saturated carbocycles. The van der Waals surface area contributed by atoms with Gasteiger partial charge in [0.15, 0.2) is 0 Å². The molecule has 3 rings (SSSR count). The molecule has 3 fully saturated rings. The van der Waals surface area contributed by atoms with Gasteiger partial charge in [-0.25, -0.2) is 4.79 Å². The van der Waals surface area contributed by atoms with Crippen LogP contribution in [-0.4, -0.2) is 53.8 Å². The van der Waals surface area contributed by atoms with E-state index in [9.17, 15) is 14.7 Å². The van der Waals surface area contributed by atoms with Crippen LogP contribution in [0.15, 0.2) is 0 Å². The van der Waals surface area contributed by atoms with E-state index in [2.05, 4.69) is 19.2 Å². The number of likely N-dealkylation sites (tertiary alicyclic amines) is 1. The topological polar surface area (TPSA) is 78.9 Å². The number of carboxylic acids is 1. The summed E-state index contributed by atoms with van der Waals surface area (Å²) < 4.78 is 5.75. The van der Waals surface area contributed by atoms with Crippen molar-refractivity contribution in [2.24, 2.45) is 23.2 Å². The van der Waals surface area contributed by atoms with Crippen molar-refractivity contribution in [2.45, 2.75) is 45.8 Å². The van der Waals surface area contributed by atoms with Crippen LogP contribution >= 0.6 is 0 Å². The van der Waals surface area contributed by atoms with E-state index in [1.54, 1.807) is 4.90 Å². The van der Waals surface area contributed by atoms with Crippen LogP contribution in [0.4, 0.5) is 4.79 Å². The average Bonchev–Trinajstić information content (AvgIpc) is 2.90. The number of aliphatic carboxylic acids is 1. The Labute approximate surface area is 131 Å². The van der Waals surface area contributed by atoms with Gasteiger partial charge in [0.1, 0.15) is 0 Å². The molecule has 2 N–H and O–H groups in total. The van der Waals surface area contributed by atoms with Crippen molar-refractivity contribution in [3.8, 4) is 0 Å². The van der Waals surface area contributed by atoms with Gasteiger partial charge in [0.25, 0.3) is 0 Å². The Kier molecular flexibility index (Phi) is 3.83. The molecule has 124 valence electrons. The number of carbonyl (C=O) groups excluding carboxylic acids is 1. The second-order valence-electron chi connectivity index (χ2n) is 7.77. The van der Waals surface area contributed by atoms with Crippen LogP contribution in [0.25, 0.3) is 0 Å². The highest BCUT2D eigenvalue weighted by Gasteiger charge is 2.60. The number of piperidine rings is 1. The molecular weight excluding hydrogens is 284 g/mol. The lowest BCUT2D eigenvalue weighted by Crippen LogP contribution is -2.68. The maximum atomic E-state index is 12.6. The fraction of sp³-hybridized carbons (Fsp3) is 0.875. The first-order valence-corrected chi connectivity index (χ1v) is 8.20. The Morgan fingerprint density at radius 2 is 2.05 bits per heavy atom. The molecule has 5 unspecified atom stereocenters. The lowest BCUT2D eigenvalue weighted by Gasteiger charge is -2.55. The van der Waals surface area contributed by atoms with Crippen molar-refractivity contribution in [1.29, 1.82) is 0 Å². The van der Waals surface area contributed by atoms with E-state index in [0.717, 1.165) is 13.0 Å². The molecule has 6 nitrogen and oxygen atoms in total. The Balaban J connectivity index is 1.63. The van der Waals surface area contributed by atoms with E-state index < -0.39 is 11.9 Å². The van der Waals surface area contributed by atoms with Gasteiger partial charge in [-0.1, -0.05) is 20.8 Å². The summed E-state index contributed by atoms with van der Waals surface area (Å²) in [5.41, 5.74) is -0.0512. The van der Waals surface area contributed by atoms with Crippen molar-refractivity contribution in [3.05, 3.63) is 0 Å². The fourth-order valence-electron chi connectivity index (χ4n) is 4.54. The number of ether oxygens (including phenoxy) is 1. The molecule has 0 aromatic rings. The van der Waals surface area contributed by atoms with Crippen molar-refractivity contribution in [2.75, 3.05) is 19.7 Å². The molecule has 0 bridgehead atoms. The number of urea groups is 1. The summed E-state index contributed by atoms with van der Waals surface area (Å²) in [5, 5.41) is 12.4. The summed E-state index contributed by atoms with van der Waals surface area (Å²) in [4.78, 5) is 25.5. The third-order valence-corrected chi connectivity index (χ3v) is 5.68. The first-order valence-electron chi connectivity index (χ1n) is 8.20. The number of nitrogens with zero attached hydrogens (tertiary/aromatic N) is 1. The molecule has 2 aliphatic heterocycles. The van der Waals surface area contributed by atoms with Gasteiger partial charge >= 0.3 is 12.0 Å². The molecule has 1 aliphatic carbocycles. The highest BCUT2D eigenvalue weighted by molar-refractivity contribution is 5.77. The smallest absolute Gasteiger partial charge is 0.317 e. The van der Waals surface area contributed by atoms with Crippen LogP contribution in [0.3, 0.4) is 0 Å². The predicted molar refractivity (Wildman–Crippen MR) is 80.4 cm³/mol. The van der Waals surface area contributed by atoms with Crippen LogP contribution < -0.4 is 5.32 Å². The molecule has 0 aromatic carbocycles. The number of nitrogens with one attached hydrogen (secondary N) is 1. The Bertz CT molecular complexity index is 479. The molecule has 2 saturated heterocycles. The third-order valence-electron chi connectivity index (χ3n) is 5.68. The third kappa shape index (κ3) is 2.47. The zero-order valence-corrected chi connectivity index (χ0v) is 13.5. The summed E-state index contributed by atoms with van der Waals surface area (Å²) in [7, 11) is 0. The molecule has 3 aliphatic rings. The molecule has 2 amide bonds. The molecule has 6 heteroatoms. The number of carbonyl (C=O) groups is 2. The van der Waals surface area contributed by atoms with Crippen molar-refractivity contribution >= 4 is 12.0 Å². The van der Waals surface area contributed by atoms with E-state index in [0.29, 0.717) is 25.4 Å². The van der Waals surface area contributed by atoms with Gasteiger partial charge in [-0.2, -0.15) is 0 Å². The summed E-state index contributed by atoms with van der Waals surface area (Å²) in [5.74, 6) is -0.641. The Hall–Kier alpha value is -1.30. The Morgan fingerprint density at radius 1 is 1.32 bits per heavy atom. The standard InChI is InChI=1S/C16H26N2O4/c1-9-6-10(14(19)20)8-18(7-9)15(21)17-12-11-4-5-22-13(11)16(12,2)3/h9-13H,4-8H2,1-3H3,(H,17,21)(H,19,20). The predicted octanol–water partition coefficient (Wildman–Crippen LogP) is 1.55. The quantitative estimate of drug-likeness (QED) is 0.811. The van der Waals surface area contributed by atoms with Crippen LogP contribution in [0.2, 0.25) is 0 Å². The monoisotopic (exact) mass is 310 g/mol. The highest BCUT2D eigenvalue weighted by Crippen LogP contribution is 2.52. The largest absolute Gasteiger partial charge is 0.481 e. The lowest BCUT2D eigenvalue weighted by atomic mass is 9.57. The van der Waals surface area contributed by atoms with E-state index in [1.165, 1.54) is 0 Å². The van der Waals surface area contributed by atoms with Crippen molar-refractivity contribution in [1.82, 2.24) is 10.2 Å². The van der Waals surface area contributed by atoms with E-state index in [1.807, 2.05) is 6.92 Å². The second-order valence-corrected chi connectivity index (χ2v) is 7.77. The molecule has 22 heavy (non-hydrogen) atoms. The number of carboxylic acid groups (broad SMARTS) is 1. The molecular formula is C16H26N2O4. The van der Waals surface area contributed by atoms with Gasteiger partial charge in [-0.05, 0) is 18.8 Å².